The van der Waals surface area contributed by atoms with Gasteiger partial charge in [-0.3, -0.25) is 9.69 Å². The molecule has 33 heavy (non-hydrogen) atoms. The van der Waals surface area contributed by atoms with Crippen molar-refractivity contribution in [3.8, 4) is 0 Å². The molecule has 5 nitrogen and oxygen atoms in total. The molecule has 5 heteroatoms. The zero-order valence-corrected chi connectivity index (χ0v) is 18.6. The minimum Gasteiger partial charge on any atom is -0.393 e. The molecule has 1 saturated heterocycles. The van der Waals surface area contributed by atoms with Crippen LogP contribution in [0.3, 0.4) is 0 Å². The van der Waals surface area contributed by atoms with E-state index in [4.69, 9.17) is 0 Å². The number of para-hydroxylation sites is 1. The molecule has 0 aliphatic carbocycles. The molecular weight excluding hydrogens is 410 g/mol. The van der Waals surface area contributed by atoms with E-state index in [9.17, 15) is 9.90 Å². The van der Waals surface area contributed by atoms with Gasteiger partial charge in [-0.25, -0.2) is 0 Å². The molecule has 1 fully saturated rings. The fourth-order valence-electron chi connectivity index (χ4n) is 4.64. The van der Waals surface area contributed by atoms with E-state index in [1.807, 2.05) is 72.9 Å². The van der Waals surface area contributed by atoms with Crippen molar-refractivity contribution >= 4 is 22.4 Å². The summed E-state index contributed by atoms with van der Waals surface area (Å²) >= 11 is 0. The summed E-state index contributed by atoms with van der Waals surface area (Å²) in [5.41, 5.74) is 4.70. The summed E-state index contributed by atoms with van der Waals surface area (Å²) in [5, 5.41) is 14.2. The Kier molecular flexibility index (Phi) is 6.24. The van der Waals surface area contributed by atoms with Crippen LogP contribution in [-0.2, 0) is 6.54 Å². The summed E-state index contributed by atoms with van der Waals surface area (Å²) < 4.78 is 0. The molecule has 168 valence electrons. The number of fused-ring (bicyclic) bond motifs is 1. The van der Waals surface area contributed by atoms with Crippen LogP contribution in [0.5, 0.6) is 0 Å². The molecule has 4 aromatic rings. The number of Topliss-reactive ketones (excluding diaryl/α,β-unsaturated/α-hetero) is 1. The van der Waals surface area contributed by atoms with Gasteiger partial charge in [-0.05, 0) is 42.2 Å². The number of aromatic amines is 1. The van der Waals surface area contributed by atoms with Crippen LogP contribution in [0.25, 0.3) is 10.9 Å². The molecule has 5 rings (SSSR count). The van der Waals surface area contributed by atoms with Gasteiger partial charge in [0, 0.05) is 48.0 Å². The number of nitrogens with zero attached hydrogens (tertiary/aromatic N) is 1. The Labute approximate surface area is 194 Å². The van der Waals surface area contributed by atoms with Gasteiger partial charge >= 0.3 is 0 Å². The van der Waals surface area contributed by atoms with Crippen molar-refractivity contribution in [1.29, 1.82) is 0 Å². The van der Waals surface area contributed by atoms with Gasteiger partial charge in [0.05, 0.1) is 6.10 Å². The highest BCUT2D eigenvalue weighted by Gasteiger charge is 2.24. The maximum Gasteiger partial charge on any atom is 0.191 e. The molecule has 1 atom stereocenters. The first-order valence-corrected chi connectivity index (χ1v) is 11.6. The number of likely N-dealkylation sites (tertiary alicyclic amines) is 1. The Morgan fingerprint density at radius 3 is 2.58 bits per heavy atom. The van der Waals surface area contributed by atoms with Crippen LogP contribution in [0.2, 0.25) is 0 Å². The highest BCUT2D eigenvalue weighted by atomic mass is 16.3. The smallest absolute Gasteiger partial charge is 0.191 e. The average molecular weight is 440 g/mol. The monoisotopic (exact) mass is 439 g/mol. The average Bonchev–Trinajstić information content (AvgIpc) is 3.29. The summed E-state index contributed by atoms with van der Waals surface area (Å²) in [6.07, 6.45) is 3.29. The molecule has 3 aromatic carbocycles. The van der Waals surface area contributed by atoms with Gasteiger partial charge < -0.3 is 15.4 Å². The first kappa shape index (κ1) is 21.4. The van der Waals surface area contributed by atoms with Gasteiger partial charge in [0.25, 0.3) is 0 Å². The largest absolute Gasteiger partial charge is 0.393 e. The SMILES string of the molecule is O=C(c1c[nH]c2ccccc12)C(Nc1cccc(CN2CCC(O)CC2)c1)c1ccccc1. The number of carbonyl (C=O) groups excluding carboxylic acids is 1. The summed E-state index contributed by atoms with van der Waals surface area (Å²) in [7, 11) is 0. The lowest BCUT2D eigenvalue weighted by Gasteiger charge is -2.29. The van der Waals surface area contributed by atoms with Crippen LogP contribution in [0.15, 0.2) is 85.1 Å². The van der Waals surface area contributed by atoms with Gasteiger partial charge in [-0.1, -0.05) is 60.7 Å². The number of aliphatic hydroxyl groups excluding tert-OH is 1. The highest BCUT2D eigenvalue weighted by Crippen LogP contribution is 2.28. The molecule has 1 aliphatic heterocycles. The number of ketones is 1. The molecule has 3 N–H and O–H groups in total. The van der Waals surface area contributed by atoms with E-state index < -0.39 is 6.04 Å². The second kappa shape index (κ2) is 9.61. The second-order valence-corrected chi connectivity index (χ2v) is 8.81. The number of rotatable bonds is 7. The molecule has 1 unspecified atom stereocenters. The molecule has 0 amide bonds. The maximum atomic E-state index is 13.7. The van der Waals surface area contributed by atoms with Crippen LogP contribution >= 0.6 is 0 Å². The van der Waals surface area contributed by atoms with E-state index >= 15 is 0 Å². The van der Waals surface area contributed by atoms with Crippen LogP contribution in [0, 0.1) is 0 Å². The predicted molar refractivity (Wildman–Crippen MR) is 132 cm³/mol. The molecule has 1 aliphatic rings. The summed E-state index contributed by atoms with van der Waals surface area (Å²) in [6, 6.07) is 25.6. The lowest BCUT2D eigenvalue weighted by molar-refractivity contribution is 0.0792. The number of hydrogen-bond donors (Lipinski definition) is 3. The van der Waals surface area contributed by atoms with Crippen molar-refractivity contribution < 1.29 is 9.90 Å². The van der Waals surface area contributed by atoms with Gasteiger partial charge in [-0.2, -0.15) is 0 Å². The highest BCUT2D eigenvalue weighted by molar-refractivity contribution is 6.11. The number of carbonyl (C=O) groups is 1. The van der Waals surface area contributed by atoms with Crippen LogP contribution < -0.4 is 5.32 Å². The third-order valence-corrected chi connectivity index (χ3v) is 6.45. The van der Waals surface area contributed by atoms with Crippen molar-refractivity contribution in [2.24, 2.45) is 0 Å². The van der Waals surface area contributed by atoms with Gasteiger partial charge in [-0.15, -0.1) is 0 Å². The number of hydrogen-bond acceptors (Lipinski definition) is 4. The summed E-state index contributed by atoms with van der Waals surface area (Å²) in [4.78, 5) is 19.3. The fourth-order valence-corrected chi connectivity index (χ4v) is 4.64. The van der Waals surface area contributed by atoms with Crippen LogP contribution in [0.4, 0.5) is 5.69 Å². The molecule has 0 saturated carbocycles. The van der Waals surface area contributed by atoms with E-state index in [0.717, 1.165) is 54.6 Å². The number of anilines is 1. The number of aliphatic hydroxyl groups is 1. The third kappa shape index (κ3) is 4.85. The van der Waals surface area contributed by atoms with E-state index in [0.29, 0.717) is 5.56 Å². The first-order chi connectivity index (χ1) is 16.2. The van der Waals surface area contributed by atoms with Crippen molar-refractivity contribution in [2.45, 2.75) is 31.5 Å². The zero-order valence-electron chi connectivity index (χ0n) is 18.6. The zero-order chi connectivity index (χ0) is 22.6. The van der Waals surface area contributed by atoms with Crippen LogP contribution in [0.1, 0.15) is 40.4 Å². The fraction of sp³-hybridized carbons (Fsp3) is 0.250. The van der Waals surface area contributed by atoms with E-state index in [2.05, 4.69) is 27.3 Å². The summed E-state index contributed by atoms with van der Waals surface area (Å²) in [5.74, 6) is 0.0362. The number of benzene rings is 3. The van der Waals surface area contributed by atoms with Gasteiger partial charge in [0.2, 0.25) is 0 Å². The van der Waals surface area contributed by atoms with Crippen molar-refractivity contribution in [3.63, 3.8) is 0 Å². The van der Waals surface area contributed by atoms with E-state index in [-0.39, 0.29) is 11.9 Å². The van der Waals surface area contributed by atoms with Crippen molar-refractivity contribution in [3.05, 3.63) is 102 Å². The standard InChI is InChI=1S/C28H29N3O2/c32-23-13-15-31(16-14-23)19-20-7-6-10-22(17-20)30-27(21-8-2-1-3-9-21)28(33)25-18-29-26-12-5-4-11-24(25)26/h1-12,17-18,23,27,29-30,32H,13-16,19H2. The van der Waals surface area contributed by atoms with Crippen LogP contribution in [-0.4, -0.2) is 40.0 Å². The lowest BCUT2D eigenvalue weighted by Crippen LogP contribution is -2.35. The Balaban J connectivity index is 1.41. The molecule has 0 bridgehead atoms. The summed E-state index contributed by atoms with van der Waals surface area (Å²) in [6.45, 7) is 2.66. The molecular formula is C28H29N3O2. The number of nitrogens with one attached hydrogen (secondary N) is 2. The lowest BCUT2D eigenvalue weighted by atomic mass is 9.96. The van der Waals surface area contributed by atoms with E-state index in [1.54, 1.807) is 0 Å². The van der Waals surface area contributed by atoms with Gasteiger partial charge in [0.15, 0.2) is 5.78 Å². The van der Waals surface area contributed by atoms with Crippen molar-refractivity contribution in [1.82, 2.24) is 9.88 Å². The number of piperidine rings is 1. The normalized spacial score (nSPS) is 16.0. The molecule has 2 heterocycles. The first-order valence-electron chi connectivity index (χ1n) is 11.6. The maximum absolute atomic E-state index is 13.7. The topological polar surface area (TPSA) is 68.4 Å². The predicted octanol–water partition coefficient (Wildman–Crippen LogP) is 5.16. The number of H-pyrrole nitrogens is 1. The Morgan fingerprint density at radius 1 is 1.00 bits per heavy atom. The second-order valence-electron chi connectivity index (χ2n) is 8.81. The van der Waals surface area contributed by atoms with E-state index in [1.165, 1.54) is 5.56 Å². The Morgan fingerprint density at radius 2 is 1.76 bits per heavy atom. The molecule has 0 spiro atoms. The minimum atomic E-state index is -0.495. The Hall–Kier alpha value is -3.41. The third-order valence-electron chi connectivity index (χ3n) is 6.45. The minimum absolute atomic E-state index is 0.0362. The number of aromatic nitrogens is 1. The molecule has 1 aromatic heterocycles. The van der Waals surface area contributed by atoms with Gasteiger partial charge in [0.1, 0.15) is 6.04 Å². The van der Waals surface area contributed by atoms with Crippen molar-refractivity contribution in [2.75, 3.05) is 18.4 Å². The molecule has 0 radical (unpaired) electrons. The Bertz CT molecular complexity index is 1230. The quantitative estimate of drug-likeness (QED) is 0.348.